The van der Waals surface area contributed by atoms with E-state index in [9.17, 15) is 13.2 Å². The highest BCUT2D eigenvalue weighted by Gasteiger charge is 2.24. The molecule has 1 amide bonds. The first kappa shape index (κ1) is 22.2. The summed E-state index contributed by atoms with van der Waals surface area (Å²) >= 11 is 3.40. The Hall–Kier alpha value is -2.48. The fourth-order valence-corrected chi connectivity index (χ4v) is 4.74. The topological polar surface area (TPSA) is 75.3 Å². The highest BCUT2D eigenvalue weighted by molar-refractivity contribution is 9.10. The molecule has 0 bridgehead atoms. The molecule has 0 heterocycles. The first-order valence-electron chi connectivity index (χ1n) is 9.44. The zero-order chi connectivity index (χ0) is 21.7. The van der Waals surface area contributed by atoms with E-state index in [2.05, 4.69) is 26.0 Å². The van der Waals surface area contributed by atoms with Crippen LogP contribution in [0.4, 0.5) is 5.69 Å². The third-order valence-electron chi connectivity index (χ3n) is 4.68. The number of anilines is 1. The molecule has 0 aromatic heterocycles. The SMILES string of the molecule is Cc1ccc(S(=O)(=O)N[C@H](CC(=O)Nc2ccc(Br)cc2C)c2ccccc2)cc1. The number of hydrogen-bond donors (Lipinski definition) is 2. The number of carbonyl (C=O) groups excluding carboxylic acids is 1. The number of benzene rings is 3. The van der Waals surface area contributed by atoms with Crippen molar-refractivity contribution in [2.75, 3.05) is 5.32 Å². The van der Waals surface area contributed by atoms with Gasteiger partial charge in [0.2, 0.25) is 15.9 Å². The van der Waals surface area contributed by atoms with E-state index in [0.717, 1.165) is 21.2 Å². The van der Waals surface area contributed by atoms with Crippen molar-refractivity contribution < 1.29 is 13.2 Å². The van der Waals surface area contributed by atoms with Crippen LogP contribution in [0.15, 0.2) is 82.2 Å². The third kappa shape index (κ3) is 5.78. The first-order valence-corrected chi connectivity index (χ1v) is 11.7. The minimum Gasteiger partial charge on any atom is -0.326 e. The Kier molecular flexibility index (Phi) is 7.07. The Bertz CT molecular complexity index is 1130. The Morgan fingerprint density at radius 2 is 1.63 bits per heavy atom. The summed E-state index contributed by atoms with van der Waals surface area (Å²) in [6.07, 6.45) is -0.0371. The Morgan fingerprint density at radius 3 is 2.27 bits per heavy atom. The summed E-state index contributed by atoms with van der Waals surface area (Å²) in [4.78, 5) is 12.9. The van der Waals surface area contributed by atoms with Crippen molar-refractivity contribution in [3.63, 3.8) is 0 Å². The van der Waals surface area contributed by atoms with E-state index in [-0.39, 0.29) is 17.2 Å². The molecule has 0 saturated heterocycles. The molecule has 5 nitrogen and oxygen atoms in total. The van der Waals surface area contributed by atoms with Crippen molar-refractivity contribution >= 4 is 37.5 Å². The third-order valence-corrected chi connectivity index (χ3v) is 6.66. The van der Waals surface area contributed by atoms with Crippen molar-refractivity contribution in [1.29, 1.82) is 0 Å². The van der Waals surface area contributed by atoms with Crippen molar-refractivity contribution in [1.82, 2.24) is 4.72 Å². The summed E-state index contributed by atoms with van der Waals surface area (Å²) in [6, 6.07) is 20.6. The highest BCUT2D eigenvalue weighted by atomic mass is 79.9. The van der Waals surface area contributed by atoms with Crippen LogP contribution < -0.4 is 10.0 Å². The molecular formula is C23H23BrN2O3S. The zero-order valence-electron chi connectivity index (χ0n) is 16.7. The van der Waals surface area contributed by atoms with Crippen LogP contribution in [0.2, 0.25) is 0 Å². The predicted octanol–water partition coefficient (Wildman–Crippen LogP) is 5.11. The summed E-state index contributed by atoms with van der Waals surface area (Å²) in [7, 11) is -3.79. The van der Waals surface area contributed by atoms with Crippen molar-refractivity contribution in [3.05, 3.63) is 94.0 Å². The predicted molar refractivity (Wildman–Crippen MR) is 123 cm³/mol. The van der Waals surface area contributed by atoms with E-state index in [4.69, 9.17) is 0 Å². The van der Waals surface area contributed by atoms with Gasteiger partial charge in [0.25, 0.3) is 0 Å². The molecular weight excluding hydrogens is 464 g/mol. The molecule has 1 atom stereocenters. The van der Waals surface area contributed by atoms with Crippen LogP contribution in [0.25, 0.3) is 0 Å². The van der Waals surface area contributed by atoms with Crippen LogP contribution in [-0.4, -0.2) is 14.3 Å². The number of hydrogen-bond acceptors (Lipinski definition) is 3. The average Bonchev–Trinajstić information content (AvgIpc) is 2.70. The molecule has 0 fully saturated rings. The van der Waals surface area contributed by atoms with Gasteiger partial charge in [-0.2, -0.15) is 0 Å². The molecule has 156 valence electrons. The van der Waals surface area contributed by atoms with Gasteiger partial charge in [-0.15, -0.1) is 0 Å². The van der Waals surface area contributed by atoms with Gasteiger partial charge >= 0.3 is 0 Å². The molecule has 2 N–H and O–H groups in total. The van der Waals surface area contributed by atoms with Gasteiger partial charge in [0.05, 0.1) is 10.9 Å². The van der Waals surface area contributed by atoms with E-state index in [1.54, 1.807) is 36.4 Å². The molecule has 0 aliphatic heterocycles. The lowest BCUT2D eigenvalue weighted by molar-refractivity contribution is -0.116. The highest BCUT2D eigenvalue weighted by Crippen LogP contribution is 2.24. The monoisotopic (exact) mass is 486 g/mol. The Morgan fingerprint density at radius 1 is 0.967 bits per heavy atom. The number of rotatable bonds is 7. The summed E-state index contributed by atoms with van der Waals surface area (Å²) < 4.78 is 29.4. The maximum atomic E-state index is 12.9. The number of aryl methyl sites for hydroxylation is 2. The quantitative estimate of drug-likeness (QED) is 0.486. The van der Waals surface area contributed by atoms with Gasteiger partial charge in [-0.05, 0) is 55.3 Å². The van der Waals surface area contributed by atoms with Gasteiger partial charge in [-0.25, -0.2) is 13.1 Å². The number of sulfonamides is 1. The Balaban J connectivity index is 1.82. The fourth-order valence-electron chi connectivity index (χ4n) is 3.04. The second-order valence-corrected chi connectivity index (χ2v) is 9.74. The number of halogens is 1. The average molecular weight is 487 g/mol. The van der Waals surface area contributed by atoms with Gasteiger partial charge in [-0.1, -0.05) is 64.0 Å². The molecule has 0 aliphatic rings. The van der Waals surface area contributed by atoms with Crippen molar-refractivity contribution in [2.45, 2.75) is 31.2 Å². The minimum atomic E-state index is -3.79. The standard InChI is InChI=1S/C23H23BrN2O3S/c1-16-8-11-20(12-9-16)30(28,29)26-22(18-6-4-3-5-7-18)15-23(27)25-21-13-10-19(24)14-17(21)2/h3-14,22,26H,15H2,1-2H3,(H,25,27)/t22-/m1/s1. The molecule has 0 aliphatic carbocycles. The summed E-state index contributed by atoms with van der Waals surface area (Å²) in [5.41, 5.74) is 3.29. The van der Waals surface area contributed by atoms with E-state index >= 15 is 0 Å². The van der Waals surface area contributed by atoms with E-state index in [1.165, 1.54) is 0 Å². The lowest BCUT2D eigenvalue weighted by Gasteiger charge is -2.19. The normalized spacial score (nSPS) is 12.4. The van der Waals surface area contributed by atoms with Crippen LogP contribution in [0.1, 0.15) is 29.2 Å². The fraction of sp³-hybridized carbons (Fsp3) is 0.174. The van der Waals surface area contributed by atoms with Crippen LogP contribution in [0.5, 0.6) is 0 Å². The van der Waals surface area contributed by atoms with Crippen LogP contribution in [-0.2, 0) is 14.8 Å². The summed E-state index contributed by atoms with van der Waals surface area (Å²) in [5, 5.41) is 2.88. The second-order valence-electron chi connectivity index (χ2n) is 7.11. The zero-order valence-corrected chi connectivity index (χ0v) is 19.1. The van der Waals surface area contributed by atoms with Gasteiger partial charge in [0.1, 0.15) is 0 Å². The van der Waals surface area contributed by atoms with E-state index < -0.39 is 16.1 Å². The van der Waals surface area contributed by atoms with E-state index in [1.807, 2.05) is 50.2 Å². The van der Waals surface area contributed by atoms with Crippen LogP contribution in [0, 0.1) is 13.8 Å². The second kappa shape index (κ2) is 9.55. The van der Waals surface area contributed by atoms with Crippen molar-refractivity contribution in [3.8, 4) is 0 Å². The molecule has 3 aromatic rings. The summed E-state index contributed by atoms with van der Waals surface area (Å²) in [6.45, 7) is 3.79. The van der Waals surface area contributed by atoms with Crippen LogP contribution >= 0.6 is 15.9 Å². The van der Waals surface area contributed by atoms with Gasteiger partial charge < -0.3 is 5.32 Å². The number of amides is 1. The van der Waals surface area contributed by atoms with E-state index in [0.29, 0.717) is 5.69 Å². The minimum absolute atomic E-state index is 0.0371. The molecule has 30 heavy (non-hydrogen) atoms. The van der Waals surface area contributed by atoms with Crippen LogP contribution in [0.3, 0.4) is 0 Å². The lowest BCUT2D eigenvalue weighted by Crippen LogP contribution is -2.31. The number of carbonyl (C=O) groups is 1. The lowest BCUT2D eigenvalue weighted by atomic mass is 10.0. The molecule has 3 rings (SSSR count). The first-order chi connectivity index (χ1) is 14.2. The molecule has 0 saturated carbocycles. The largest absolute Gasteiger partial charge is 0.326 e. The van der Waals surface area contributed by atoms with Gasteiger partial charge in [-0.3, -0.25) is 4.79 Å². The molecule has 3 aromatic carbocycles. The molecule has 0 unspecified atom stereocenters. The summed E-state index contributed by atoms with van der Waals surface area (Å²) in [5.74, 6) is -0.277. The maximum Gasteiger partial charge on any atom is 0.241 e. The number of nitrogens with one attached hydrogen (secondary N) is 2. The van der Waals surface area contributed by atoms with Crippen molar-refractivity contribution in [2.24, 2.45) is 0 Å². The molecule has 0 radical (unpaired) electrons. The smallest absolute Gasteiger partial charge is 0.241 e. The Labute approximate surface area is 185 Å². The van der Waals surface area contributed by atoms with Gasteiger partial charge in [0, 0.05) is 16.6 Å². The van der Waals surface area contributed by atoms with Gasteiger partial charge in [0.15, 0.2) is 0 Å². The molecule has 0 spiro atoms. The maximum absolute atomic E-state index is 12.9. The molecule has 7 heteroatoms.